The van der Waals surface area contributed by atoms with Gasteiger partial charge in [-0.15, -0.1) is 11.3 Å². The van der Waals surface area contributed by atoms with Crippen molar-refractivity contribution in [1.82, 2.24) is 0 Å². The highest BCUT2D eigenvalue weighted by Gasteiger charge is 2.37. The van der Waals surface area contributed by atoms with Gasteiger partial charge in [0.2, 0.25) is 0 Å². The molecule has 0 aliphatic carbocycles. The van der Waals surface area contributed by atoms with Crippen LogP contribution in [0.3, 0.4) is 0 Å². The van der Waals surface area contributed by atoms with Gasteiger partial charge in [0.05, 0.1) is 10.3 Å². The fourth-order valence-electron chi connectivity index (χ4n) is 2.89. The van der Waals surface area contributed by atoms with E-state index < -0.39 is 30.4 Å². The molecule has 2 aromatic rings. The highest BCUT2D eigenvalue weighted by Crippen LogP contribution is 2.37. The number of thiophene rings is 1. The molecule has 0 atom stereocenters. The van der Waals surface area contributed by atoms with Gasteiger partial charge in [0.15, 0.2) is 11.6 Å². The Morgan fingerprint density at radius 1 is 1.34 bits per heavy atom. The van der Waals surface area contributed by atoms with Gasteiger partial charge < -0.3 is 14.0 Å². The molecule has 0 radical (unpaired) electrons. The van der Waals surface area contributed by atoms with E-state index in [4.69, 9.17) is 14.0 Å². The van der Waals surface area contributed by atoms with Gasteiger partial charge in [-0.05, 0) is 32.3 Å². The average Bonchev–Trinajstić information content (AvgIpc) is 2.95. The number of benzene rings is 1. The zero-order valence-corrected chi connectivity index (χ0v) is 17.6. The number of amides is 1. The van der Waals surface area contributed by atoms with Crippen LogP contribution in [-0.2, 0) is 14.0 Å². The molecule has 10 heteroatoms. The Hall–Kier alpha value is -2.22. The number of nitriles is 1. The summed E-state index contributed by atoms with van der Waals surface area (Å²) in [6, 6.07) is 2.95. The molecule has 1 saturated heterocycles. The van der Waals surface area contributed by atoms with Crippen LogP contribution in [0.4, 0.5) is 18.6 Å². The molecule has 1 amide bonds. The number of carbonyl (C=O) groups excluding carboxylic acids is 1. The summed E-state index contributed by atoms with van der Waals surface area (Å²) in [5, 5.41) is 12.4. The number of rotatable bonds is 2. The maximum atomic E-state index is 14.5. The van der Waals surface area contributed by atoms with Crippen LogP contribution in [0.2, 0.25) is 0 Å². The summed E-state index contributed by atoms with van der Waals surface area (Å²) in [6.45, 7) is 9.69. The summed E-state index contributed by atoms with van der Waals surface area (Å²) in [5.41, 5.74) is -0.766. The minimum absolute atomic E-state index is 0.00166. The Morgan fingerprint density at radius 2 is 1.97 bits per heavy atom. The summed E-state index contributed by atoms with van der Waals surface area (Å²) in [7, 11) is -0.947. The van der Waals surface area contributed by atoms with Crippen molar-refractivity contribution in [3.63, 3.8) is 0 Å². The largest absolute Gasteiger partial charge is 0.494 e. The zero-order valence-electron chi connectivity index (χ0n) is 16.8. The van der Waals surface area contributed by atoms with E-state index in [1.807, 2.05) is 19.9 Å². The number of nitrogens with one attached hydrogen (secondary N) is 1. The van der Waals surface area contributed by atoms with Gasteiger partial charge in [-0.2, -0.15) is 5.26 Å². The lowest BCUT2D eigenvalue weighted by molar-refractivity contribution is 0.0344. The molecule has 6 nitrogen and oxygen atoms in total. The second-order valence-corrected chi connectivity index (χ2v) is 9.65. The molecule has 0 unspecified atom stereocenters. The van der Waals surface area contributed by atoms with E-state index >= 15 is 0 Å². The molecule has 1 N–H and O–H groups in total. The molecule has 2 heterocycles. The van der Waals surface area contributed by atoms with Crippen molar-refractivity contribution in [2.45, 2.75) is 40.2 Å². The van der Waals surface area contributed by atoms with Crippen LogP contribution < -0.4 is 10.8 Å². The van der Waals surface area contributed by atoms with E-state index in [1.54, 1.807) is 20.8 Å². The lowest BCUT2D eigenvalue weighted by Crippen LogP contribution is -2.47. The number of ether oxygens (including phenoxy) is 1. The van der Waals surface area contributed by atoms with Gasteiger partial charge in [0, 0.05) is 24.0 Å². The first-order chi connectivity index (χ1) is 13.4. The molecule has 29 heavy (non-hydrogen) atoms. The van der Waals surface area contributed by atoms with E-state index in [0.717, 1.165) is 17.4 Å². The van der Waals surface area contributed by atoms with Crippen molar-refractivity contribution in [3.8, 4) is 6.07 Å². The van der Waals surface area contributed by atoms with Gasteiger partial charge >= 0.3 is 13.2 Å². The van der Waals surface area contributed by atoms with Gasteiger partial charge in [-0.1, -0.05) is 13.8 Å². The van der Waals surface area contributed by atoms with Gasteiger partial charge in [-0.3, -0.25) is 5.32 Å². The monoisotopic (exact) mass is 422 g/mol. The van der Waals surface area contributed by atoms with Crippen molar-refractivity contribution in [1.29, 1.82) is 5.26 Å². The first-order valence-corrected chi connectivity index (χ1v) is 9.81. The fraction of sp³-hybridized carbons (Fsp3) is 0.474. The molecule has 0 spiro atoms. The Labute approximate surface area is 171 Å². The molecule has 1 fully saturated rings. The second kappa shape index (κ2) is 7.56. The minimum Gasteiger partial charge on any atom is -0.444 e. The van der Waals surface area contributed by atoms with Crippen LogP contribution in [0.5, 0.6) is 0 Å². The molecule has 1 aliphatic heterocycles. The molecular weight excluding hydrogens is 401 g/mol. The van der Waals surface area contributed by atoms with Crippen molar-refractivity contribution < 1.29 is 27.6 Å². The molecule has 0 bridgehead atoms. The van der Waals surface area contributed by atoms with Crippen LogP contribution in [0, 0.1) is 28.4 Å². The summed E-state index contributed by atoms with van der Waals surface area (Å²) in [6.07, 6.45) is -0.796. The van der Waals surface area contributed by atoms with Gasteiger partial charge in [-0.25, -0.2) is 13.6 Å². The Bertz CT molecular complexity index is 1000. The number of halogens is 2. The fourth-order valence-corrected chi connectivity index (χ4v) is 3.99. The zero-order chi connectivity index (χ0) is 21.6. The highest BCUT2D eigenvalue weighted by molar-refractivity contribution is 7.23. The molecule has 1 aromatic carbocycles. The van der Waals surface area contributed by atoms with Crippen molar-refractivity contribution >= 4 is 45.1 Å². The molecule has 0 saturated carbocycles. The standard InChI is InChI=1S/C19H21BF2N2O4S/c1-18(2,3)28-17(25)24-16-10(7-23)13-11(6-12(21)14(22)15(13)29-16)20-26-8-19(4,5)9-27-20/h6H,8-9H2,1-5H3,(H,24,25). The van der Waals surface area contributed by atoms with E-state index in [0.29, 0.717) is 13.2 Å². The predicted molar refractivity (Wildman–Crippen MR) is 107 cm³/mol. The lowest BCUT2D eigenvalue weighted by Gasteiger charge is -2.33. The summed E-state index contributed by atoms with van der Waals surface area (Å²) in [5.74, 6) is -2.18. The molecule has 154 valence electrons. The highest BCUT2D eigenvalue weighted by atomic mass is 32.1. The summed E-state index contributed by atoms with van der Waals surface area (Å²) < 4.78 is 45.3. The molecular formula is C19H21BF2N2O4S. The van der Waals surface area contributed by atoms with Crippen molar-refractivity contribution in [2.75, 3.05) is 18.5 Å². The normalized spacial score (nSPS) is 16.6. The smallest absolute Gasteiger partial charge is 0.444 e. The number of hydrogen-bond donors (Lipinski definition) is 1. The summed E-state index contributed by atoms with van der Waals surface area (Å²) in [4.78, 5) is 12.1. The lowest BCUT2D eigenvalue weighted by atomic mass is 9.73. The quantitative estimate of drug-likeness (QED) is 0.735. The van der Waals surface area contributed by atoms with Crippen LogP contribution in [0.25, 0.3) is 10.1 Å². The molecule has 1 aromatic heterocycles. The third-order valence-corrected chi connectivity index (χ3v) is 5.22. The SMILES string of the molecule is CC1(C)COB(c2cc(F)c(F)c3sc(NC(=O)OC(C)(C)C)c(C#N)c23)OC1. The minimum atomic E-state index is -1.10. The van der Waals surface area contributed by atoms with Crippen molar-refractivity contribution in [3.05, 3.63) is 23.3 Å². The Balaban J connectivity index is 2.07. The van der Waals surface area contributed by atoms with Crippen LogP contribution in [0.15, 0.2) is 6.07 Å². The number of hydrogen-bond acceptors (Lipinski definition) is 6. The maximum absolute atomic E-state index is 14.5. The number of carbonyl (C=O) groups is 1. The number of nitrogens with zero attached hydrogens (tertiary/aromatic N) is 1. The first kappa shape index (κ1) is 21.5. The predicted octanol–water partition coefficient (Wildman–Crippen LogP) is 4.17. The van der Waals surface area contributed by atoms with Gasteiger partial charge in [0.1, 0.15) is 16.7 Å². The first-order valence-electron chi connectivity index (χ1n) is 8.99. The Morgan fingerprint density at radius 3 is 2.52 bits per heavy atom. The average molecular weight is 422 g/mol. The maximum Gasteiger partial charge on any atom is 0.494 e. The molecule has 3 rings (SSSR count). The van der Waals surface area contributed by atoms with E-state index in [2.05, 4.69) is 5.32 Å². The van der Waals surface area contributed by atoms with Crippen LogP contribution >= 0.6 is 11.3 Å². The van der Waals surface area contributed by atoms with Crippen LogP contribution in [-0.4, -0.2) is 32.0 Å². The van der Waals surface area contributed by atoms with Gasteiger partial charge in [0.25, 0.3) is 0 Å². The topological polar surface area (TPSA) is 80.6 Å². The summed E-state index contributed by atoms with van der Waals surface area (Å²) >= 11 is 0.761. The van der Waals surface area contributed by atoms with E-state index in [9.17, 15) is 18.8 Å². The number of anilines is 1. The van der Waals surface area contributed by atoms with Crippen molar-refractivity contribution in [2.24, 2.45) is 5.41 Å². The third-order valence-electron chi connectivity index (χ3n) is 4.12. The Kier molecular flexibility index (Phi) is 5.60. The van der Waals surface area contributed by atoms with E-state index in [-0.39, 0.29) is 31.5 Å². The third kappa shape index (κ3) is 4.52. The second-order valence-electron chi connectivity index (χ2n) is 8.63. The van der Waals surface area contributed by atoms with Crippen LogP contribution in [0.1, 0.15) is 40.2 Å². The van der Waals surface area contributed by atoms with E-state index in [1.165, 1.54) is 0 Å². The molecule has 1 aliphatic rings. The number of fused-ring (bicyclic) bond motifs is 1.